The van der Waals surface area contributed by atoms with Crippen molar-refractivity contribution in [1.82, 2.24) is 25.1 Å². The summed E-state index contributed by atoms with van der Waals surface area (Å²) < 4.78 is 103. The molecule has 1 saturated heterocycles. The number of nitrogens with one attached hydrogen (secondary N) is 2. The summed E-state index contributed by atoms with van der Waals surface area (Å²) in [7, 11) is 0. The molecule has 3 heterocycles. The highest BCUT2D eigenvalue weighted by Gasteiger charge is 2.35. The SMILES string of the molecule is O=C(CC[C@@H](Nc1cc(C(F)(F)F)c(=O)[nH]n1)C(F)F)N1CCN(c2ncc(C(F)(F)F)cn2)CC1. The average Bonchev–Trinajstić information content (AvgIpc) is 2.81. The maximum absolute atomic E-state index is 13.4. The van der Waals surface area contributed by atoms with Crippen molar-refractivity contribution in [2.24, 2.45) is 0 Å². The van der Waals surface area contributed by atoms with E-state index in [-0.39, 0.29) is 38.5 Å². The van der Waals surface area contributed by atoms with Crippen LogP contribution in [0, 0.1) is 0 Å². The molecule has 1 fully saturated rings. The molecule has 0 radical (unpaired) electrons. The van der Waals surface area contributed by atoms with Crippen molar-refractivity contribution in [3.8, 4) is 0 Å². The van der Waals surface area contributed by atoms with E-state index in [9.17, 15) is 44.7 Å². The molecule has 1 aliphatic rings. The zero-order chi connectivity index (χ0) is 26.7. The number of rotatable bonds is 7. The van der Waals surface area contributed by atoms with E-state index in [1.807, 2.05) is 0 Å². The summed E-state index contributed by atoms with van der Waals surface area (Å²) in [5.74, 6) is -1.09. The predicted molar refractivity (Wildman–Crippen MR) is 108 cm³/mol. The van der Waals surface area contributed by atoms with Gasteiger partial charge < -0.3 is 15.1 Å². The van der Waals surface area contributed by atoms with Crippen LogP contribution < -0.4 is 15.8 Å². The molecule has 17 heteroatoms. The summed E-state index contributed by atoms with van der Waals surface area (Å²) in [5.41, 5.74) is -4.15. The van der Waals surface area contributed by atoms with Gasteiger partial charge in [-0.2, -0.15) is 31.4 Å². The Morgan fingerprint density at radius 3 is 2.17 bits per heavy atom. The van der Waals surface area contributed by atoms with Crippen LogP contribution in [0.3, 0.4) is 0 Å². The highest BCUT2D eigenvalue weighted by Crippen LogP contribution is 2.29. The normalized spacial score (nSPS) is 15.8. The monoisotopic (exact) mass is 529 g/mol. The molecule has 198 valence electrons. The zero-order valence-electron chi connectivity index (χ0n) is 18.2. The first-order valence-electron chi connectivity index (χ1n) is 10.4. The van der Waals surface area contributed by atoms with Crippen LogP contribution in [0.15, 0.2) is 23.3 Å². The fourth-order valence-corrected chi connectivity index (χ4v) is 3.37. The lowest BCUT2D eigenvalue weighted by atomic mass is 10.1. The molecule has 2 aromatic heterocycles. The number of hydrogen-bond donors (Lipinski definition) is 2. The molecule has 2 aromatic rings. The van der Waals surface area contributed by atoms with E-state index in [1.54, 1.807) is 10.00 Å². The van der Waals surface area contributed by atoms with Gasteiger partial charge in [-0.25, -0.2) is 23.8 Å². The first-order valence-corrected chi connectivity index (χ1v) is 10.4. The van der Waals surface area contributed by atoms with Crippen LogP contribution in [-0.4, -0.2) is 69.6 Å². The van der Waals surface area contributed by atoms with Crippen molar-refractivity contribution in [3.63, 3.8) is 0 Å². The molecule has 3 rings (SSSR count). The Labute approximate surface area is 197 Å². The van der Waals surface area contributed by atoms with Crippen LogP contribution in [0.4, 0.5) is 46.9 Å². The van der Waals surface area contributed by atoms with Crippen LogP contribution in [0.1, 0.15) is 24.0 Å². The van der Waals surface area contributed by atoms with Crippen molar-refractivity contribution < 1.29 is 39.9 Å². The molecule has 2 N–H and O–H groups in total. The highest BCUT2D eigenvalue weighted by molar-refractivity contribution is 5.76. The number of carbonyl (C=O) groups is 1. The summed E-state index contributed by atoms with van der Waals surface area (Å²) in [6.45, 7) is 0.642. The zero-order valence-corrected chi connectivity index (χ0v) is 18.2. The maximum Gasteiger partial charge on any atom is 0.421 e. The summed E-state index contributed by atoms with van der Waals surface area (Å²) in [6.07, 6.45) is -12.2. The Morgan fingerprint density at radius 2 is 1.64 bits per heavy atom. The Morgan fingerprint density at radius 1 is 1.03 bits per heavy atom. The van der Waals surface area contributed by atoms with Crippen molar-refractivity contribution >= 4 is 17.7 Å². The molecule has 36 heavy (non-hydrogen) atoms. The third-order valence-electron chi connectivity index (χ3n) is 5.30. The largest absolute Gasteiger partial charge is 0.421 e. The molecule has 0 saturated carbocycles. The topological polar surface area (TPSA) is 107 Å². The van der Waals surface area contributed by atoms with E-state index in [0.717, 1.165) is 0 Å². The number of anilines is 2. The minimum Gasteiger partial charge on any atom is -0.360 e. The van der Waals surface area contributed by atoms with Crippen molar-refractivity contribution in [2.75, 3.05) is 36.4 Å². The van der Waals surface area contributed by atoms with E-state index in [0.29, 0.717) is 18.5 Å². The van der Waals surface area contributed by atoms with Crippen LogP contribution in [0.5, 0.6) is 0 Å². The average molecular weight is 529 g/mol. The highest BCUT2D eigenvalue weighted by atomic mass is 19.4. The second-order valence-electron chi connectivity index (χ2n) is 7.76. The summed E-state index contributed by atoms with van der Waals surface area (Å²) in [6, 6.07) is -1.42. The third kappa shape index (κ3) is 6.78. The number of nitrogens with zero attached hydrogens (tertiary/aromatic N) is 5. The molecule has 1 atom stereocenters. The number of aromatic nitrogens is 4. The van der Waals surface area contributed by atoms with Crippen LogP contribution in [0.2, 0.25) is 0 Å². The van der Waals surface area contributed by atoms with E-state index in [2.05, 4.69) is 20.4 Å². The Kier molecular flexibility index (Phi) is 7.98. The predicted octanol–water partition coefficient (Wildman–Crippen LogP) is 2.77. The third-order valence-corrected chi connectivity index (χ3v) is 5.30. The van der Waals surface area contributed by atoms with Crippen molar-refractivity contribution in [3.05, 3.63) is 39.9 Å². The maximum atomic E-state index is 13.4. The minimum atomic E-state index is -5.02. The van der Waals surface area contributed by atoms with Gasteiger partial charge in [0.1, 0.15) is 11.4 Å². The lowest BCUT2D eigenvalue weighted by Crippen LogP contribution is -2.49. The number of carbonyl (C=O) groups excluding carboxylic acids is 1. The summed E-state index contributed by atoms with van der Waals surface area (Å²) in [4.78, 5) is 34.0. The number of hydrogen-bond acceptors (Lipinski definition) is 7. The summed E-state index contributed by atoms with van der Waals surface area (Å²) in [5, 5.41) is 6.99. The summed E-state index contributed by atoms with van der Waals surface area (Å²) >= 11 is 0. The molecule has 0 bridgehead atoms. The van der Waals surface area contributed by atoms with E-state index in [4.69, 9.17) is 0 Å². The fraction of sp³-hybridized carbons (Fsp3) is 0.526. The second-order valence-corrected chi connectivity index (χ2v) is 7.76. The van der Waals surface area contributed by atoms with Crippen LogP contribution in [-0.2, 0) is 17.1 Å². The molecule has 1 aliphatic heterocycles. The van der Waals surface area contributed by atoms with Gasteiger partial charge in [0.05, 0.1) is 11.6 Å². The smallest absolute Gasteiger partial charge is 0.360 e. The first kappa shape index (κ1) is 27.1. The number of amides is 1. The second kappa shape index (κ2) is 10.6. The first-order chi connectivity index (χ1) is 16.8. The number of halogens is 8. The molecule has 0 spiro atoms. The van der Waals surface area contributed by atoms with Gasteiger partial charge in [0, 0.05) is 51.1 Å². The number of piperazine rings is 1. The molecule has 0 aromatic carbocycles. The number of H-pyrrole nitrogens is 1. The molecule has 0 unspecified atom stereocenters. The molecular weight excluding hydrogens is 510 g/mol. The Hall–Kier alpha value is -3.53. The molecule has 9 nitrogen and oxygen atoms in total. The van der Waals surface area contributed by atoms with Gasteiger partial charge in [0.15, 0.2) is 0 Å². The molecular formula is C19H19F8N7O2. The van der Waals surface area contributed by atoms with E-state index in [1.165, 1.54) is 4.90 Å². The van der Waals surface area contributed by atoms with Gasteiger partial charge in [-0.05, 0) is 6.42 Å². The van der Waals surface area contributed by atoms with Gasteiger partial charge >= 0.3 is 12.4 Å². The van der Waals surface area contributed by atoms with Gasteiger partial charge in [-0.15, -0.1) is 0 Å². The van der Waals surface area contributed by atoms with Crippen LogP contribution in [0.25, 0.3) is 0 Å². The van der Waals surface area contributed by atoms with Crippen LogP contribution >= 0.6 is 0 Å². The van der Waals surface area contributed by atoms with Crippen molar-refractivity contribution in [1.29, 1.82) is 0 Å². The number of aromatic amines is 1. The minimum absolute atomic E-state index is 0.0451. The quantitative estimate of drug-likeness (QED) is 0.532. The van der Waals surface area contributed by atoms with Crippen molar-refractivity contribution in [2.45, 2.75) is 37.7 Å². The van der Waals surface area contributed by atoms with Gasteiger partial charge in [0.2, 0.25) is 11.9 Å². The Balaban J connectivity index is 1.54. The van der Waals surface area contributed by atoms with Gasteiger partial charge in [-0.3, -0.25) is 9.59 Å². The fourth-order valence-electron chi connectivity index (χ4n) is 3.37. The molecule has 1 amide bonds. The Bertz CT molecular complexity index is 1100. The van der Waals surface area contributed by atoms with E-state index >= 15 is 0 Å². The standard InChI is InChI=1S/C19H19F8N7O2/c20-15(21)12(30-13-7-11(19(25,26)27)16(36)32-31-13)1-2-14(35)33-3-5-34(6-4-33)17-28-8-10(9-29-17)18(22,23)24/h7-9,12,15H,1-6H2,(H,30,31)(H,32,36)/t12-/m1/s1. The lowest BCUT2D eigenvalue weighted by molar-refractivity contribution is -0.139. The van der Waals surface area contributed by atoms with Gasteiger partial charge in [-0.1, -0.05) is 0 Å². The van der Waals surface area contributed by atoms with E-state index < -0.39 is 59.7 Å². The molecule has 0 aliphatic carbocycles. The number of alkyl halides is 8. The van der Waals surface area contributed by atoms with Gasteiger partial charge in [0.25, 0.3) is 12.0 Å². The lowest BCUT2D eigenvalue weighted by Gasteiger charge is -2.35.